The molecule has 0 saturated heterocycles. The summed E-state index contributed by atoms with van der Waals surface area (Å²) in [6.45, 7) is 2.50. The number of unbranched alkanes of at least 4 members (excludes halogenated alkanes) is 11. The van der Waals surface area contributed by atoms with E-state index in [9.17, 15) is 20.1 Å². The smallest absolute Gasteiger partial charge is 0.345 e. The first-order valence-corrected chi connectivity index (χ1v) is 9.98. The second-order valence-electron chi connectivity index (χ2n) is 6.88. The lowest BCUT2D eigenvalue weighted by molar-refractivity contribution is 0.0491. The lowest BCUT2D eigenvalue weighted by Crippen LogP contribution is -2.07. The number of benzene rings is 1. The lowest BCUT2D eigenvalue weighted by atomic mass is 10.1. The molecule has 0 unspecified atom stereocenters. The zero-order valence-corrected chi connectivity index (χ0v) is 16.0. The number of hydrogen-bond acceptors (Lipinski definition) is 5. The maximum absolute atomic E-state index is 11.9. The molecule has 26 heavy (non-hydrogen) atoms. The Balaban J connectivity index is 2.02. The van der Waals surface area contributed by atoms with E-state index in [1.807, 2.05) is 0 Å². The fraction of sp³-hybridized carbons (Fsp3) is 0.667. The van der Waals surface area contributed by atoms with E-state index < -0.39 is 17.5 Å². The van der Waals surface area contributed by atoms with Crippen LogP contribution in [0.25, 0.3) is 0 Å². The van der Waals surface area contributed by atoms with E-state index in [2.05, 4.69) is 6.92 Å². The molecular weight excluding hydrogens is 332 g/mol. The van der Waals surface area contributed by atoms with E-state index in [4.69, 9.17) is 4.74 Å². The molecule has 0 amide bonds. The Morgan fingerprint density at radius 1 is 0.769 bits per heavy atom. The first-order chi connectivity index (χ1) is 12.6. The molecule has 0 fully saturated rings. The van der Waals surface area contributed by atoms with Crippen LogP contribution in [0.4, 0.5) is 0 Å². The van der Waals surface area contributed by atoms with Gasteiger partial charge in [-0.1, -0.05) is 77.6 Å². The monoisotopic (exact) mass is 366 g/mol. The number of ether oxygens (including phenoxy) is 1. The molecule has 0 bridgehead atoms. The second kappa shape index (κ2) is 13.3. The van der Waals surface area contributed by atoms with Gasteiger partial charge in [-0.05, 0) is 6.42 Å². The molecule has 0 aliphatic rings. The van der Waals surface area contributed by atoms with Crippen molar-refractivity contribution in [2.24, 2.45) is 0 Å². The maximum atomic E-state index is 11.9. The number of aromatic hydroxyl groups is 3. The van der Waals surface area contributed by atoms with Crippen molar-refractivity contribution in [3.63, 3.8) is 0 Å². The van der Waals surface area contributed by atoms with Crippen LogP contribution in [-0.4, -0.2) is 27.9 Å². The van der Waals surface area contributed by atoms with E-state index in [0.29, 0.717) is 0 Å². The van der Waals surface area contributed by atoms with Gasteiger partial charge in [-0.3, -0.25) is 0 Å². The molecule has 0 heterocycles. The topological polar surface area (TPSA) is 87.0 Å². The van der Waals surface area contributed by atoms with Gasteiger partial charge in [0.25, 0.3) is 0 Å². The lowest BCUT2D eigenvalue weighted by Gasteiger charge is -2.08. The molecule has 1 aromatic rings. The van der Waals surface area contributed by atoms with Gasteiger partial charge in [-0.15, -0.1) is 0 Å². The van der Waals surface area contributed by atoms with Gasteiger partial charge in [0, 0.05) is 12.1 Å². The minimum absolute atomic E-state index is 0.260. The van der Waals surface area contributed by atoms with Crippen LogP contribution in [-0.2, 0) is 4.74 Å². The second-order valence-corrected chi connectivity index (χ2v) is 6.88. The Morgan fingerprint density at radius 2 is 1.19 bits per heavy atom. The zero-order valence-electron chi connectivity index (χ0n) is 16.0. The van der Waals surface area contributed by atoms with Crippen molar-refractivity contribution in [3.8, 4) is 17.2 Å². The van der Waals surface area contributed by atoms with Crippen LogP contribution in [0, 0.1) is 0 Å². The number of phenols is 3. The summed E-state index contributed by atoms with van der Waals surface area (Å²) >= 11 is 0. The van der Waals surface area contributed by atoms with E-state index in [1.165, 1.54) is 57.8 Å². The Bertz CT molecular complexity index is 504. The summed E-state index contributed by atoms with van der Waals surface area (Å²) in [5.41, 5.74) is -0.304. The Hall–Kier alpha value is -1.91. The summed E-state index contributed by atoms with van der Waals surface area (Å²) in [6, 6.07) is 2.00. The number of carbonyl (C=O) groups excluding carboxylic acids is 1. The van der Waals surface area contributed by atoms with Crippen LogP contribution in [0.3, 0.4) is 0 Å². The van der Waals surface area contributed by atoms with Crippen molar-refractivity contribution in [1.29, 1.82) is 0 Å². The first kappa shape index (κ1) is 22.1. The van der Waals surface area contributed by atoms with Crippen LogP contribution in [0.5, 0.6) is 17.2 Å². The summed E-state index contributed by atoms with van der Waals surface area (Å²) in [4.78, 5) is 11.9. The molecule has 5 heteroatoms. The predicted octanol–water partition coefficient (Wildman–Crippen LogP) is 5.66. The first-order valence-electron chi connectivity index (χ1n) is 9.98. The van der Waals surface area contributed by atoms with Gasteiger partial charge in [-0.2, -0.15) is 0 Å². The highest BCUT2D eigenvalue weighted by atomic mass is 16.5. The summed E-state index contributed by atoms with van der Waals surface area (Å²) in [6.07, 6.45) is 14.8. The average molecular weight is 366 g/mol. The van der Waals surface area contributed by atoms with Crippen molar-refractivity contribution >= 4 is 5.97 Å². The third kappa shape index (κ3) is 8.97. The van der Waals surface area contributed by atoms with E-state index >= 15 is 0 Å². The highest BCUT2D eigenvalue weighted by Crippen LogP contribution is 2.32. The summed E-state index contributed by atoms with van der Waals surface area (Å²) in [7, 11) is 0. The molecular formula is C21H34O5. The van der Waals surface area contributed by atoms with Gasteiger partial charge >= 0.3 is 5.97 Å². The minimum atomic E-state index is -0.775. The number of phenolic OH excluding ortho intramolecular Hbond substituents is 3. The molecule has 0 atom stereocenters. The van der Waals surface area contributed by atoms with Crippen molar-refractivity contribution in [3.05, 3.63) is 17.7 Å². The van der Waals surface area contributed by atoms with Crippen LogP contribution in [0.15, 0.2) is 12.1 Å². The van der Waals surface area contributed by atoms with Gasteiger partial charge in [-0.25, -0.2) is 4.79 Å². The Labute approximate surface area is 157 Å². The summed E-state index contributed by atoms with van der Waals surface area (Å²) in [5, 5.41) is 28.5. The molecule has 0 aliphatic heterocycles. The molecule has 0 aliphatic carbocycles. The zero-order chi connectivity index (χ0) is 19.2. The van der Waals surface area contributed by atoms with Crippen LogP contribution < -0.4 is 0 Å². The molecule has 0 saturated carbocycles. The van der Waals surface area contributed by atoms with E-state index in [0.717, 1.165) is 31.4 Å². The highest BCUT2D eigenvalue weighted by Gasteiger charge is 2.19. The fourth-order valence-electron chi connectivity index (χ4n) is 2.99. The molecule has 1 rings (SSSR count). The van der Waals surface area contributed by atoms with Crippen molar-refractivity contribution < 1.29 is 24.9 Å². The van der Waals surface area contributed by atoms with Gasteiger partial charge < -0.3 is 20.1 Å². The largest absolute Gasteiger partial charge is 0.508 e. The Kier molecular flexibility index (Phi) is 11.3. The van der Waals surface area contributed by atoms with E-state index in [1.54, 1.807) is 0 Å². The van der Waals surface area contributed by atoms with Crippen LogP contribution in [0.2, 0.25) is 0 Å². The average Bonchev–Trinajstić information content (AvgIpc) is 2.58. The predicted molar refractivity (Wildman–Crippen MR) is 103 cm³/mol. The molecule has 148 valence electrons. The minimum Gasteiger partial charge on any atom is -0.508 e. The van der Waals surface area contributed by atoms with E-state index in [-0.39, 0.29) is 17.9 Å². The van der Waals surface area contributed by atoms with Crippen molar-refractivity contribution in [2.45, 2.75) is 84.0 Å². The van der Waals surface area contributed by atoms with Crippen molar-refractivity contribution in [2.75, 3.05) is 6.61 Å². The van der Waals surface area contributed by atoms with Gasteiger partial charge in [0.05, 0.1) is 6.61 Å². The molecule has 5 nitrogen and oxygen atoms in total. The number of esters is 1. The SMILES string of the molecule is CCCCCCCCCCCCCCOC(=O)c1c(O)cc(O)cc1O. The molecule has 0 radical (unpaired) electrons. The van der Waals surface area contributed by atoms with Crippen LogP contribution >= 0.6 is 0 Å². The molecule has 0 spiro atoms. The summed E-state index contributed by atoms with van der Waals surface area (Å²) < 4.78 is 5.08. The van der Waals surface area contributed by atoms with Crippen LogP contribution in [0.1, 0.15) is 94.3 Å². The third-order valence-corrected chi connectivity index (χ3v) is 4.52. The molecule has 3 N–H and O–H groups in total. The van der Waals surface area contributed by atoms with Gasteiger partial charge in [0.15, 0.2) is 0 Å². The maximum Gasteiger partial charge on any atom is 0.345 e. The van der Waals surface area contributed by atoms with Gasteiger partial charge in [0.1, 0.15) is 22.8 Å². The number of rotatable bonds is 14. The normalized spacial score (nSPS) is 10.8. The standard InChI is InChI=1S/C21H34O5/c1-2-3-4-5-6-7-8-9-10-11-12-13-14-26-21(25)20-18(23)15-17(22)16-19(20)24/h15-16,22-24H,2-14H2,1H3. The fourth-order valence-corrected chi connectivity index (χ4v) is 2.99. The number of hydrogen-bond donors (Lipinski definition) is 3. The molecule has 0 aromatic heterocycles. The van der Waals surface area contributed by atoms with Crippen molar-refractivity contribution in [1.82, 2.24) is 0 Å². The Morgan fingerprint density at radius 3 is 1.65 bits per heavy atom. The quantitative estimate of drug-likeness (QED) is 0.292. The molecule has 1 aromatic carbocycles. The van der Waals surface area contributed by atoms with Gasteiger partial charge in [0.2, 0.25) is 0 Å². The number of carbonyl (C=O) groups is 1. The highest BCUT2D eigenvalue weighted by molar-refractivity contribution is 5.95. The third-order valence-electron chi connectivity index (χ3n) is 4.52. The summed E-state index contributed by atoms with van der Waals surface area (Å²) in [5.74, 6) is -2.05.